The van der Waals surface area contributed by atoms with Gasteiger partial charge in [0.15, 0.2) is 0 Å². The fourth-order valence-electron chi connectivity index (χ4n) is 5.07. The zero-order valence-electron chi connectivity index (χ0n) is 23.5. The summed E-state index contributed by atoms with van der Waals surface area (Å²) in [6, 6.07) is 20.6. The molecule has 0 radical (unpaired) electrons. The highest BCUT2D eigenvalue weighted by Crippen LogP contribution is 2.38. The quantitative estimate of drug-likeness (QED) is 0.166. The molecule has 9 heteroatoms. The number of fused-ring (bicyclic) bond motifs is 1. The largest absolute Gasteiger partial charge is 0.377 e. The Balaban J connectivity index is 1.59. The molecule has 210 valence electrons. The Morgan fingerprint density at radius 3 is 2.51 bits per heavy atom. The Hall–Kier alpha value is -4.32. The van der Waals surface area contributed by atoms with E-state index in [0.717, 1.165) is 28.8 Å². The number of halogens is 2. The van der Waals surface area contributed by atoms with Gasteiger partial charge in [0.25, 0.3) is 0 Å². The first-order valence-corrected chi connectivity index (χ1v) is 14.0. The van der Waals surface area contributed by atoms with Crippen LogP contribution >= 0.6 is 11.6 Å². The van der Waals surface area contributed by atoms with Crippen molar-refractivity contribution in [2.75, 3.05) is 10.6 Å². The van der Waals surface area contributed by atoms with Gasteiger partial charge in [-0.2, -0.15) is 5.26 Å². The summed E-state index contributed by atoms with van der Waals surface area (Å²) in [5.41, 5.74) is 12.9. The summed E-state index contributed by atoms with van der Waals surface area (Å²) in [5, 5.41) is 20.4. The second-order valence-electron chi connectivity index (χ2n) is 10.4. The van der Waals surface area contributed by atoms with Crippen LogP contribution in [0.3, 0.4) is 0 Å². The van der Waals surface area contributed by atoms with E-state index in [0.29, 0.717) is 21.8 Å². The van der Waals surface area contributed by atoms with Crippen molar-refractivity contribution in [3.8, 4) is 6.07 Å². The van der Waals surface area contributed by atoms with Gasteiger partial charge in [0.1, 0.15) is 11.9 Å². The van der Waals surface area contributed by atoms with Crippen molar-refractivity contribution < 1.29 is 4.39 Å². The number of hydrogen-bond acceptors (Lipinski definition) is 7. The van der Waals surface area contributed by atoms with E-state index < -0.39 is 0 Å². The Labute approximate surface area is 245 Å². The van der Waals surface area contributed by atoms with E-state index >= 15 is 0 Å². The molecule has 0 saturated carbocycles. The van der Waals surface area contributed by atoms with Gasteiger partial charge < -0.3 is 16.1 Å². The minimum atomic E-state index is -0.348. The van der Waals surface area contributed by atoms with Gasteiger partial charge in [-0.15, -0.1) is 5.53 Å². The van der Waals surface area contributed by atoms with Crippen molar-refractivity contribution in [1.82, 2.24) is 21.0 Å². The predicted octanol–water partition coefficient (Wildman–Crippen LogP) is 7.50. The lowest BCUT2D eigenvalue weighted by Gasteiger charge is -2.24. The highest BCUT2D eigenvalue weighted by molar-refractivity contribution is 6.35. The number of nitrogens with one attached hydrogen (secondary N) is 4. The van der Waals surface area contributed by atoms with E-state index in [4.69, 9.17) is 11.6 Å². The molecule has 4 aromatic rings. The molecule has 0 saturated heterocycles. The minimum absolute atomic E-state index is 0.0165. The second kappa shape index (κ2) is 12.0. The van der Waals surface area contributed by atoms with Crippen molar-refractivity contribution in [2.24, 2.45) is 0 Å². The van der Waals surface area contributed by atoms with Gasteiger partial charge in [-0.05, 0) is 68.1 Å². The van der Waals surface area contributed by atoms with Crippen LogP contribution in [0.25, 0.3) is 10.9 Å². The lowest BCUT2D eigenvalue weighted by Crippen LogP contribution is -2.41. The number of aromatic nitrogens is 1. The third kappa shape index (κ3) is 5.92. The van der Waals surface area contributed by atoms with Crippen LogP contribution in [-0.2, 0) is 0 Å². The van der Waals surface area contributed by atoms with Gasteiger partial charge in [-0.1, -0.05) is 54.9 Å². The fraction of sp³-hybridized carbons (Fsp3) is 0.250. The first kappa shape index (κ1) is 28.2. The number of nitriles is 1. The van der Waals surface area contributed by atoms with E-state index in [1.165, 1.54) is 23.3 Å². The van der Waals surface area contributed by atoms with Crippen LogP contribution in [0.4, 0.5) is 15.8 Å². The SMILES string of the molecule is CC[C@@H](Nc1c(C#N)cnc2c(Cl)cc(N[C@H](C3=CN(C(C)C)NN3)c3ccc(F)cc3)cc12)c1ccccc1C. The van der Waals surface area contributed by atoms with Crippen LogP contribution in [-0.4, -0.2) is 16.0 Å². The molecule has 1 aliphatic heterocycles. The van der Waals surface area contributed by atoms with Crippen molar-refractivity contribution in [2.45, 2.75) is 52.2 Å². The van der Waals surface area contributed by atoms with Gasteiger partial charge in [0.05, 0.1) is 39.6 Å². The van der Waals surface area contributed by atoms with Crippen molar-refractivity contribution >= 4 is 33.9 Å². The molecule has 41 heavy (non-hydrogen) atoms. The maximum atomic E-state index is 13.8. The molecule has 1 aliphatic rings. The molecule has 5 rings (SSSR count). The highest BCUT2D eigenvalue weighted by atomic mass is 35.5. The van der Waals surface area contributed by atoms with Gasteiger partial charge in [0.2, 0.25) is 0 Å². The van der Waals surface area contributed by atoms with E-state index in [1.54, 1.807) is 18.3 Å². The van der Waals surface area contributed by atoms with Crippen molar-refractivity contribution in [3.05, 3.63) is 112 Å². The molecule has 2 atom stereocenters. The Kier molecular flexibility index (Phi) is 8.29. The zero-order chi connectivity index (χ0) is 29.1. The molecule has 3 aromatic carbocycles. The number of hydrogen-bond donors (Lipinski definition) is 4. The molecular weight excluding hydrogens is 537 g/mol. The topological polar surface area (TPSA) is 88.0 Å². The molecule has 0 unspecified atom stereocenters. The summed E-state index contributed by atoms with van der Waals surface area (Å²) in [4.78, 5) is 4.53. The Morgan fingerprint density at radius 1 is 1.10 bits per heavy atom. The molecule has 0 bridgehead atoms. The van der Waals surface area contributed by atoms with Gasteiger partial charge in [-0.3, -0.25) is 9.99 Å². The zero-order valence-corrected chi connectivity index (χ0v) is 24.2. The van der Waals surface area contributed by atoms with E-state index in [-0.39, 0.29) is 23.9 Å². The molecule has 2 heterocycles. The number of aryl methyl sites for hydroxylation is 1. The van der Waals surface area contributed by atoms with Gasteiger partial charge in [0, 0.05) is 29.5 Å². The fourth-order valence-corrected chi connectivity index (χ4v) is 5.33. The minimum Gasteiger partial charge on any atom is -0.377 e. The maximum Gasteiger partial charge on any atom is 0.123 e. The maximum absolute atomic E-state index is 13.8. The Bertz CT molecular complexity index is 1630. The normalized spacial score (nSPS) is 14.4. The second-order valence-corrected chi connectivity index (χ2v) is 10.8. The number of pyridine rings is 1. The Morgan fingerprint density at radius 2 is 1.85 bits per heavy atom. The summed E-state index contributed by atoms with van der Waals surface area (Å²) < 4.78 is 13.8. The average Bonchev–Trinajstić information content (AvgIpc) is 3.46. The number of anilines is 2. The molecule has 0 fully saturated rings. The third-order valence-electron chi connectivity index (χ3n) is 7.33. The van der Waals surface area contributed by atoms with Crippen LogP contribution < -0.4 is 21.6 Å². The van der Waals surface area contributed by atoms with E-state index in [1.807, 2.05) is 35.5 Å². The lowest BCUT2D eigenvalue weighted by atomic mass is 9.98. The van der Waals surface area contributed by atoms with Crippen LogP contribution in [0.5, 0.6) is 0 Å². The van der Waals surface area contributed by atoms with Gasteiger partial charge >= 0.3 is 0 Å². The smallest absolute Gasteiger partial charge is 0.123 e. The summed E-state index contributed by atoms with van der Waals surface area (Å²) in [5.74, 6) is -0.304. The number of nitrogens with zero attached hydrogens (tertiary/aromatic N) is 3. The highest BCUT2D eigenvalue weighted by Gasteiger charge is 2.25. The van der Waals surface area contributed by atoms with Crippen LogP contribution in [0.2, 0.25) is 5.02 Å². The molecule has 4 N–H and O–H groups in total. The van der Waals surface area contributed by atoms with Crippen LogP contribution in [0.1, 0.15) is 61.5 Å². The monoisotopic (exact) mass is 569 g/mol. The number of benzene rings is 3. The number of hydrazine groups is 2. The van der Waals surface area contributed by atoms with Crippen molar-refractivity contribution in [1.29, 1.82) is 5.26 Å². The molecular formula is C32H33ClFN7. The molecule has 0 spiro atoms. The standard InChI is InChI=1S/C32H33ClFN7/c1-5-28(25-9-7-6-8-20(25)4)38-30-22(16-35)17-36-32-26(30)14-24(15-27(32)33)37-31(21-10-12-23(34)13-11-21)29-18-41(19(2)3)40-39-29/h6-15,17-19,28,31,37,39-40H,5H2,1-4H3,(H,36,38)/t28-,31+/m1/s1. The van der Waals surface area contributed by atoms with Crippen LogP contribution in [0, 0.1) is 24.1 Å². The molecule has 0 amide bonds. The molecule has 1 aromatic heterocycles. The first-order chi connectivity index (χ1) is 19.8. The third-order valence-corrected chi connectivity index (χ3v) is 7.61. The molecule has 7 nitrogen and oxygen atoms in total. The summed E-state index contributed by atoms with van der Waals surface area (Å²) in [6.07, 6.45) is 4.37. The van der Waals surface area contributed by atoms with Crippen molar-refractivity contribution in [3.63, 3.8) is 0 Å². The number of rotatable bonds is 9. The summed E-state index contributed by atoms with van der Waals surface area (Å²) in [7, 11) is 0. The molecule has 0 aliphatic carbocycles. The summed E-state index contributed by atoms with van der Waals surface area (Å²) >= 11 is 6.80. The predicted molar refractivity (Wildman–Crippen MR) is 163 cm³/mol. The van der Waals surface area contributed by atoms with E-state index in [2.05, 4.69) is 72.5 Å². The van der Waals surface area contributed by atoms with E-state index in [9.17, 15) is 9.65 Å². The summed E-state index contributed by atoms with van der Waals surface area (Å²) in [6.45, 7) is 8.35. The average molecular weight is 570 g/mol. The van der Waals surface area contributed by atoms with Crippen LogP contribution in [0.15, 0.2) is 78.8 Å². The first-order valence-electron chi connectivity index (χ1n) is 13.7. The van der Waals surface area contributed by atoms with Gasteiger partial charge in [-0.25, -0.2) is 4.39 Å². The lowest BCUT2D eigenvalue weighted by molar-refractivity contribution is 0.221.